The second-order valence-electron chi connectivity index (χ2n) is 4.57. The largest absolute Gasteiger partial charge is 0.294 e. The predicted molar refractivity (Wildman–Crippen MR) is 75.2 cm³/mol. The molecule has 0 saturated heterocycles. The second kappa shape index (κ2) is 4.72. The maximum atomic E-state index is 12.1. The van der Waals surface area contributed by atoms with Crippen LogP contribution in [0.15, 0.2) is 47.3 Å². The average molecular weight is 253 g/mol. The van der Waals surface area contributed by atoms with Gasteiger partial charge in [-0.05, 0) is 6.42 Å². The normalized spacial score (nSPS) is 11.0. The van der Waals surface area contributed by atoms with Crippen LogP contribution in [0.3, 0.4) is 0 Å². The maximum absolute atomic E-state index is 12.1. The zero-order valence-electron chi connectivity index (χ0n) is 10.8. The van der Waals surface area contributed by atoms with Gasteiger partial charge in [0.2, 0.25) is 0 Å². The van der Waals surface area contributed by atoms with E-state index in [0.717, 1.165) is 24.1 Å². The van der Waals surface area contributed by atoms with Crippen molar-refractivity contribution in [2.75, 3.05) is 0 Å². The van der Waals surface area contributed by atoms with Crippen molar-refractivity contribution >= 4 is 5.65 Å². The van der Waals surface area contributed by atoms with Crippen molar-refractivity contribution in [1.29, 1.82) is 0 Å². The first-order valence-electron chi connectivity index (χ1n) is 6.45. The molecule has 0 aliphatic rings. The molecule has 0 radical (unpaired) electrons. The Kier molecular flexibility index (Phi) is 2.91. The van der Waals surface area contributed by atoms with E-state index in [9.17, 15) is 4.79 Å². The van der Waals surface area contributed by atoms with Crippen molar-refractivity contribution in [2.45, 2.75) is 19.8 Å². The third-order valence-corrected chi connectivity index (χ3v) is 3.09. The van der Waals surface area contributed by atoms with Crippen LogP contribution in [-0.2, 0) is 6.42 Å². The molecule has 1 aromatic carbocycles. The first kappa shape index (κ1) is 11.7. The molecule has 2 aromatic heterocycles. The molecule has 0 saturated carbocycles. The lowest BCUT2D eigenvalue weighted by Gasteiger charge is -2.00. The molecule has 3 rings (SSSR count). The number of hydrogen-bond acceptors (Lipinski definition) is 2. The molecule has 0 fully saturated rings. The fourth-order valence-corrected chi connectivity index (χ4v) is 2.20. The minimum atomic E-state index is -0.0776. The SMILES string of the molecule is CCCc1cc2nc(-c3ccccc3)cc(=O)n2[nH]1. The van der Waals surface area contributed by atoms with Crippen LogP contribution in [0.5, 0.6) is 0 Å². The van der Waals surface area contributed by atoms with Crippen LogP contribution in [0.1, 0.15) is 19.0 Å². The standard InChI is InChI=1S/C15H15N3O/c1-2-6-12-9-14-16-13(10-15(19)18(14)17-12)11-7-4-3-5-8-11/h3-5,7-10,17H,2,6H2,1H3. The van der Waals surface area contributed by atoms with Gasteiger partial charge in [0, 0.05) is 23.4 Å². The summed E-state index contributed by atoms with van der Waals surface area (Å²) in [7, 11) is 0. The van der Waals surface area contributed by atoms with Crippen molar-refractivity contribution in [2.24, 2.45) is 0 Å². The Morgan fingerprint density at radius 3 is 2.74 bits per heavy atom. The summed E-state index contributed by atoms with van der Waals surface area (Å²) in [6.07, 6.45) is 1.95. The molecule has 0 aliphatic heterocycles. The van der Waals surface area contributed by atoms with E-state index in [-0.39, 0.29) is 5.56 Å². The molecule has 0 amide bonds. The fourth-order valence-electron chi connectivity index (χ4n) is 2.20. The predicted octanol–water partition coefficient (Wildman–Crippen LogP) is 2.64. The minimum Gasteiger partial charge on any atom is -0.294 e. The summed E-state index contributed by atoms with van der Waals surface area (Å²) in [5.41, 5.74) is 3.31. The van der Waals surface area contributed by atoms with Crippen LogP contribution in [0.25, 0.3) is 16.9 Å². The molecule has 0 atom stereocenters. The van der Waals surface area contributed by atoms with E-state index < -0.39 is 0 Å². The van der Waals surface area contributed by atoms with Crippen LogP contribution in [0.4, 0.5) is 0 Å². The van der Waals surface area contributed by atoms with E-state index in [1.165, 1.54) is 4.52 Å². The second-order valence-corrected chi connectivity index (χ2v) is 4.57. The first-order valence-corrected chi connectivity index (χ1v) is 6.45. The van der Waals surface area contributed by atoms with Gasteiger partial charge in [-0.25, -0.2) is 9.50 Å². The average Bonchev–Trinajstić information content (AvgIpc) is 2.83. The summed E-state index contributed by atoms with van der Waals surface area (Å²) < 4.78 is 1.50. The molecule has 4 nitrogen and oxygen atoms in total. The number of benzene rings is 1. The van der Waals surface area contributed by atoms with Gasteiger partial charge in [0.1, 0.15) is 0 Å². The van der Waals surface area contributed by atoms with Gasteiger partial charge in [0.15, 0.2) is 5.65 Å². The van der Waals surface area contributed by atoms with Crippen molar-refractivity contribution in [3.8, 4) is 11.3 Å². The van der Waals surface area contributed by atoms with E-state index in [1.807, 2.05) is 36.4 Å². The molecule has 4 heteroatoms. The van der Waals surface area contributed by atoms with Crippen LogP contribution >= 0.6 is 0 Å². The maximum Gasteiger partial charge on any atom is 0.273 e. The third kappa shape index (κ3) is 2.17. The molecular formula is C15H15N3O. The molecule has 1 N–H and O–H groups in total. The highest BCUT2D eigenvalue weighted by molar-refractivity contribution is 5.61. The fraction of sp³-hybridized carbons (Fsp3) is 0.200. The Morgan fingerprint density at radius 2 is 2.00 bits per heavy atom. The van der Waals surface area contributed by atoms with Gasteiger partial charge in [-0.15, -0.1) is 0 Å². The van der Waals surface area contributed by atoms with E-state index in [0.29, 0.717) is 11.3 Å². The number of rotatable bonds is 3. The molecule has 0 spiro atoms. The highest BCUT2D eigenvalue weighted by atomic mass is 16.1. The van der Waals surface area contributed by atoms with E-state index in [1.54, 1.807) is 6.07 Å². The first-order chi connectivity index (χ1) is 9.28. The molecule has 0 unspecified atom stereocenters. The molecule has 2 heterocycles. The van der Waals surface area contributed by atoms with Crippen LogP contribution in [-0.4, -0.2) is 14.6 Å². The Labute approximate surface area is 110 Å². The summed E-state index contributed by atoms with van der Waals surface area (Å²) in [4.78, 5) is 16.6. The highest BCUT2D eigenvalue weighted by Gasteiger charge is 2.07. The zero-order valence-corrected chi connectivity index (χ0v) is 10.8. The van der Waals surface area contributed by atoms with Crippen LogP contribution in [0, 0.1) is 0 Å². The van der Waals surface area contributed by atoms with Crippen molar-refractivity contribution < 1.29 is 0 Å². The quantitative estimate of drug-likeness (QED) is 0.780. The van der Waals surface area contributed by atoms with Gasteiger partial charge in [-0.2, -0.15) is 0 Å². The summed E-state index contributed by atoms with van der Waals surface area (Å²) in [6.45, 7) is 2.11. The summed E-state index contributed by atoms with van der Waals surface area (Å²) >= 11 is 0. The van der Waals surface area contributed by atoms with Crippen molar-refractivity contribution in [3.63, 3.8) is 0 Å². The Bertz CT molecular complexity index is 756. The van der Waals surface area contributed by atoms with E-state index in [4.69, 9.17) is 0 Å². The molecule has 19 heavy (non-hydrogen) atoms. The van der Waals surface area contributed by atoms with Crippen molar-refractivity contribution in [3.05, 3.63) is 58.5 Å². The third-order valence-electron chi connectivity index (χ3n) is 3.09. The molecule has 0 aliphatic carbocycles. The Balaban J connectivity index is 2.16. The summed E-state index contributed by atoms with van der Waals surface area (Å²) in [5, 5.41) is 3.09. The summed E-state index contributed by atoms with van der Waals surface area (Å²) in [6, 6.07) is 13.3. The monoisotopic (exact) mass is 253 g/mol. The van der Waals surface area contributed by atoms with Crippen molar-refractivity contribution in [1.82, 2.24) is 14.6 Å². The van der Waals surface area contributed by atoms with Crippen LogP contribution < -0.4 is 5.56 Å². The van der Waals surface area contributed by atoms with Gasteiger partial charge in [0.05, 0.1) is 5.69 Å². The number of fused-ring (bicyclic) bond motifs is 1. The van der Waals surface area contributed by atoms with E-state index >= 15 is 0 Å². The lowest BCUT2D eigenvalue weighted by molar-refractivity contribution is 0.818. The van der Waals surface area contributed by atoms with Gasteiger partial charge in [-0.1, -0.05) is 43.7 Å². The highest BCUT2D eigenvalue weighted by Crippen LogP contribution is 2.15. The summed E-state index contributed by atoms with van der Waals surface area (Å²) in [5.74, 6) is 0. The Morgan fingerprint density at radius 1 is 1.21 bits per heavy atom. The van der Waals surface area contributed by atoms with E-state index in [2.05, 4.69) is 17.0 Å². The Hall–Kier alpha value is -2.36. The molecule has 96 valence electrons. The van der Waals surface area contributed by atoms with Gasteiger partial charge in [0.25, 0.3) is 5.56 Å². The molecular weight excluding hydrogens is 238 g/mol. The van der Waals surface area contributed by atoms with Gasteiger partial charge >= 0.3 is 0 Å². The van der Waals surface area contributed by atoms with Gasteiger partial charge < -0.3 is 0 Å². The number of H-pyrrole nitrogens is 1. The lowest BCUT2D eigenvalue weighted by Crippen LogP contribution is -2.14. The topological polar surface area (TPSA) is 50.2 Å². The number of aryl methyl sites for hydroxylation is 1. The number of aromatic amines is 1. The number of aromatic nitrogens is 3. The minimum absolute atomic E-state index is 0.0776. The number of nitrogens with zero attached hydrogens (tertiary/aromatic N) is 2. The van der Waals surface area contributed by atoms with Gasteiger partial charge in [-0.3, -0.25) is 9.89 Å². The zero-order chi connectivity index (χ0) is 13.2. The number of nitrogens with one attached hydrogen (secondary N) is 1. The smallest absolute Gasteiger partial charge is 0.273 e. The van der Waals surface area contributed by atoms with Crippen LogP contribution in [0.2, 0.25) is 0 Å². The molecule has 0 bridgehead atoms. The lowest BCUT2D eigenvalue weighted by atomic mass is 10.1. The molecule has 3 aromatic rings. The number of hydrogen-bond donors (Lipinski definition) is 1.